The average molecular weight is 445 g/mol. The first kappa shape index (κ1) is 21.7. The first-order valence-electron chi connectivity index (χ1n) is 11.9. The number of ether oxygens (including phenoxy) is 1. The third kappa shape index (κ3) is 4.67. The molecule has 3 heterocycles. The number of aromatic nitrogens is 1. The van der Waals surface area contributed by atoms with E-state index in [9.17, 15) is 4.79 Å². The maximum absolute atomic E-state index is 12.8. The third-order valence-corrected chi connectivity index (χ3v) is 6.98. The number of carbonyl (C=O) groups is 1. The van der Waals surface area contributed by atoms with Gasteiger partial charge in [0.2, 0.25) is 0 Å². The fraction of sp³-hybridized carbons (Fsp3) is 0.407. The maximum Gasteiger partial charge on any atom is 0.320 e. The number of nitrogens with zero attached hydrogens (tertiary/aromatic N) is 4. The molecule has 6 heteroatoms. The second-order valence-corrected chi connectivity index (χ2v) is 9.21. The van der Waals surface area contributed by atoms with Crippen molar-refractivity contribution in [3.8, 4) is 16.9 Å². The molecule has 172 valence electrons. The van der Waals surface area contributed by atoms with E-state index in [0.717, 1.165) is 68.8 Å². The molecule has 2 aliphatic rings. The average Bonchev–Trinajstić information content (AvgIpc) is 2.86. The largest absolute Gasteiger partial charge is 0.490 e. The van der Waals surface area contributed by atoms with Gasteiger partial charge in [-0.15, -0.1) is 0 Å². The molecule has 2 aromatic carbocycles. The first-order chi connectivity index (χ1) is 16.1. The van der Waals surface area contributed by atoms with E-state index in [1.807, 2.05) is 22.1 Å². The van der Waals surface area contributed by atoms with Crippen LogP contribution in [0.1, 0.15) is 18.4 Å². The van der Waals surface area contributed by atoms with Gasteiger partial charge in [0.15, 0.2) is 0 Å². The van der Waals surface area contributed by atoms with Gasteiger partial charge >= 0.3 is 6.03 Å². The Balaban J connectivity index is 1.18. The molecule has 2 saturated heterocycles. The number of likely N-dealkylation sites (N-methyl/N-ethyl adjacent to an activating group) is 1. The second kappa shape index (κ2) is 9.40. The van der Waals surface area contributed by atoms with Gasteiger partial charge in [0.05, 0.1) is 5.52 Å². The lowest BCUT2D eigenvalue weighted by Gasteiger charge is -2.38. The van der Waals surface area contributed by atoms with Crippen LogP contribution in [0, 0.1) is 6.92 Å². The van der Waals surface area contributed by atoms with Crippen LogP contribution in [-0.4, -0.2) is 78.1 Å². The number of likely N-dealkylation sites (tertiary alicyclic amines) is 1. The van der Waals surface area contributed by atoms with Crippen molar-refractivity contribution in [2.75, 3.05) is 46.3 Å². The van der Waals surface area contributed by atoms with Crippen LogP contribution < -0.4 is 4.74 Å². The highest BCUT2D eigenvalue weighted by atomic mass is 16.5. The number of carbonyl (C=O) groups excluding carboxylic acids is 1. The molecule has 0 radical (unpaired) electrons. The van der Waals surface area contributed by atoms with Crippen LogP contribution in [-0.2, 0) is 0 Å². The first-order valence-corrected chi connectivity index (χ1v) is 11.9. The van der Waals surface area contributed by atoms with Crippen LogP contribution in [0.15, 0.2) is 54.7 Å². The molecular formula is C27H32N4O2. The number of fused-ring (bicyclic) bond motifs is 1. The van der Waals surface area contributed by atoms with Crippen molar-refractivity contribution in [2.24, 2.45) is 0 Å². The zero-order valence-electron chi connectivity index (χ0n) is 19.5. The van der Waals surface area contributed by atoms with E-state index in [4.69, 9.17) is 4.74 Å². The van der Waals surface area contributed by atoms with E-state index >= 15 is 0 Å². The molecule has 2 amide bonds. The highest BCUT2D eigenvalue weighted by Crippen LogP contribution is 2.30. The smallest absolute Gasteiger partial charge is 0.320 e. The zero-order chi connectivity index (χ0) is 22.8. The van der Waals surface area contributed by atoms with Crippen molar-refractivity contribution in [1.82, 2.24) is 19.7 Å². The number of hydrogen-bond acceptors (Lipinski definition) is 4. The molecule has 1 aromatic heterocycles. The summed E-state index contributed by atoms with van der Waals surface area (Å²) < 4.78 is 6.26. The molecule has 2 fully saturated rings. The highest BCUT2D eigenvalue weighted by molar-refractivity contribution is 5.88. The number of rotatable bonds is 3. The number of amides is 2. The van der Waals surface area contributed by atoms with Crippen LogP contribution in [0.2, 0.25) is 0 Å². The Morgan fingerprint density at radius 2 is 1.61 bits per heavy atom. The number of aryl methyl sites for hydroxylation is 1. The minimum Gasteiger partial charge on any atom is -0.490 e. The van der Waals surface area contributed by atoms with E-state index in [-0.39, 0.29) is 12.1 Å². The molecule has 0 spiro atoms. The summed E-state index contributed by atoms with van der Waals surface area (Å²) in [5, 5.41) is 1.16. The van der Waals surface area contributed by atoms with Gasteiger partial charge in [-0.3, -0.25) is 4.98 Å². The van der Waals surface area contributed by atoms with Crippen molar-refractivity contribution < 1.29 is 9.53 Å². The summed E-state index contributed by atoms with van der Waals surface area (Å²) in [6, 6.07) is 16.9. The van der Waals surface area contributed by atoms with Crippen molar-refractivity contribution in [2.45, 2.75) is 25.9 Å². The molecule has 0 saturated carbocycles. The molecule has 0 aliphatic carbocycles. The summed E-state index contributed by atoms with van der Waals surface area (Å²) >= 11 is 0. The fourth-order valence-corrected chi connectivity index (χ4v) is 4.87. The van der Waals surface area contributed by atoms with Gasteiger partial charge in [-0.2, -0.15) is 0 Å². The number of piperazine rings is 1. The Labute approximate surface area is 195 Å². The molecule has 3 aromatic rings. The van der Waals surface area contributed by atoms with E-state index in [1.165, 1.54) is 16.7 Å². The molecule has 0 bridgehead atoms. The minimum atomic E-state index is 0.152. The molecule has 0 unspecified atom stereocenters. The summed E-state index contributed by atoms with van der Waals surface area (Å²) in [6.45, 7) is 7.21. The number of urea groups is 1. The summed E-state index contributed by atoms with van der Waals surface area (Å²) in [4.78, 5) is 23.6. The number of pyridine rings is 1. The molecule has 6 nitrogen and oxygen atoms in total. The van der Waals surface area contributed by atoms with Crippen molar-refractivity contribution in [3.63, 3.8) is 0 Å². The van der Waals surface area contributed by atoms with E-state index in [1.54, 1.807) is 0 Å². The van der Waals surface area contributed by atoms with E-state index in [0.29, 0.717) is 0 Å². The minimum absolute atomic E-state index is 0.152. The predicted molar refractivity (Wildman–Crippen MR) is 132 cm³/mol. The van der Waals surface area contributed by atoms with Crippen molar-refractivity contribution >= 4 is 16.9 Å². The summed E-state index contributed by atoms with van der Waals surface area (Å²) in [5.74, 6) is 0.888. The van der Waals surface area contributed by atoms with Gasteiger partial charge in [0.25, 0.3) is 0 Å². The van der Waals surface area contributed by atoms with Gasteiger partial charge in [0, 0.05) is 63.7 Å². The Morgan fingerprint density at radius 1 is 0.909 bits per heavy atom. The van der Waals surface area contributed by atoms with Gasteiger partial charge in [0.1, 0.15) is 11.9 Å². The second-order valence-electron chi connectivity index (χ2n) is 9.21. The Hall–Kier alpha value is -3.12. The van der Waals surface area contributed by atoms with Gasteiger partial charge in [-0.25, -0.2) is 4.79 Å². The fourth-order valence-electron chi connectivity index (χ4n) is 4.87. The van der Waals surface area contributed by atoms with Crippen LogP contribution in [0.4, 0.5) is 4.79 Å². The summed E-state index contributed by atoms with van der Waals surface area (Å²) in [6.07, 6.45) is 3.74. The highest BCUT2D eigenvalue weighted by Gasteiger charge is 2.28. The number of piperidine rings is 1. The van der Waals surface area contributed by atoms with Gasteiger partial charge in [-0.1, -0.05) is 30.3 Å². The molecule has 5 rings (SSSR count). The van der Waals surface area contributed by atoms with E-state index in [2.05, 4.69) is 66.3 Å². The predicted octanol–water partition coefficient (Wildman–Crippen LogP) is 4.42. The SMILES string of the molecule is Cc1c(-c2ccc(OC3CCN(C(=O)N4CCN(C)CC4)CC3)cc2)ccc2cccnc12. The molecule has 0 N–H and O–H groups in total. The van der Waals surface area contributed by atoms with Crippen LogP contribution in [0.3, 0.4) is 0 Å². The monoisotopic (exact) mass is 444 g/mol. The van der Waals surface area contributed by atoms with E-state index < -0.39 is 0 Å². The normalized spacial score (nSPS) is 18.0. The van der Waals surface area contributed by atoms with Gasteiger partial charge in [-0.05, 0) is 48.9 Å². The topological polar surface area (TPSA) is 48.9 Å². The molecule has 2 aliphatic heterocycles. The number of hydrogen-bond donors (Lipinski definition) is 0. The van der Waals surface area contributed by atoms with Gasteiger partial charge < -0.3 is 19.4 Å². The standard InChI is InChI=1S/C27H32N4O2/c1-20-25(10-7-22-4-3-13-28-26(20)22)21-5-8-23(9-6-21)33-24-11-14-30(15-12-24)27(32)31-18-16-29(2)17-19-31/h3-10,13,24H,11-12,14-19H2,1-2H3. The summed E-state index contributed by atoms with van der Waals surface area (Å²) in [7, 11) is 2.11. The molecule has 0 atom stereocenters. The number of benzene rings is 2. The van der Waals surface area contributed by atoms with Crippen LogP contribution in [0.25, 0.3) is 22.0 Å². The Kier molecular flexibility index (Phi) is 6.18. The zero-order valence-corrected chi connectivity index (χ0v) is 19.5. The van der Waals surface area contributed by atoms with Crippen LogP contribution >= 0.6 is 0 Å². The lowest BCUT2D eigenvalue weighted by atomic mass is 9.98. The Bertz CT molecular complexity index is 1110. The van der Waals surface area contributed by atoms with Crippen molar-refractivity contribution in [1.29, 1.82) is 0 Å². The third-order valence-electron chi connectivity index (χ3n) is 6.98. The molecule has 33 heavy (non-hydrogen) atoms. The lowest BCUT2D eigenvalue weighted by molar-refractivity contribution is 0.0840. The van der Waals surface area contributed by atoms with Crippen molar-refractivity contribution in [3.05, 3.63) is 60.3 Å². The molecular weight excluding hydrogens is 412 g/mol. The Morgan fingerprint density at radius 3 is 2.33 bits per heavy atom. The maximum atomic E-state index is 12.8. The summed E-state index contributed by atoms with van der Waals surface area (Å²) in [5.41, 5.74) is 4.61. The quantitative estimate of drug-likeness (QED) is 0.600. The van der Waals surface area contributed by atoms with Crippen LogP contribution in [0.5, 0.6) is 5.75 Å². The lowest BCUT2D eigenvalue weighted by Crippen LogP contribution is -2.53.